The number of likely N-dealkylation sites (tertiary alicyclic amines) is 1. The molecule has 0 saturated carbocycles. The Hall–Kier alpha value is -2.58. The van der Waals surface area contributed by atoms with Crippen LogP contribution in [0.3, 0.4) is 0 Å². The number of rotatable bonds is 4. The minimum Gasteiger partial charge on any atom is -0.482 e. The molecule has 31 heavy (non-hydrogen) atoms. The Labute approximate surface area is 184 Å². The molecule has 0 radical (unpaired) electrons. The van der Waals surface area contributed by atoms with Gasteiger partial charge in [0, 0.05) is 36.7 Å². The van der Waals surface area contributed by atoms with Gasteiger partial charge in [-0.15, -0.1) is 0 Å². The zero-order valence-electron chi connectivity index (χ0n) is 17.6. The topological polar surface area (TPSA) is 89.3 Å². The fraction of sp³-hybridized carbons (Fsp3) is 0.500. The number of ether oxygens (including phenoxy) is 2. The highest BCUT2D eigenvalue weighted by Crippen LogP contribution is 2.32. The van der Waals surface area contributed by atoms with Crippen molar-refractivity contribution < 1.29 is 23.5 Å². The largest absolute Gasteiger partial charge is 0.482 e. The van der Waals surface area contributed by atoms with Gasteiger partial charge in [0.05, 0.1) is 18.2 Å². The van der Waals surface area contributed by atoms with E-state index >= 15 is 0 Å². The molecule has 166 valence electrons. The SMILES string of the molecule is Cc1c(C)c2cc(Cl)c(OCC(=O)N3CCC[C@H]3C(=O)N3CCOCC3)cc2oc1=O. The summed E-state index contributed by atoms with van der Waals surface area (Å²) in [5.41, 5.74) is 1.24. The molecule has 0 aliphatic carbocycles. The predicted octanol–water partition coefficient (Wildman–Crippen LogP) is 2.29. The molecule has 0 bridgehead atoms. The molecule has 8 nitrogen and oxygen atoms in total. The number of halogens is 1. The first-order valence-corrected chi connectivity index (χ1v) is 10.8. The number of aryl methyl sites for hydroxylation is 1. The van der Waals surface area contributed by atoms with E-state index in [4.69, 9.17) is 25.5 Å². The number of fused-ring (bicyclic) bond motifs is 1. The molecule has 1 aromatic carbocycles. The van der Waals surface area contributed by atoms with Gasteiger partial charge in [-0.3, -0.25) is 9.59 Å². The second-order valence-electron chi connectivity index (χ2n) is 7.89. The number of nitrogens with zero attached hydrogens (tertiary/aromatic N) is 2. The second-order valence-corrected chi connectivity index (χ2v) is 8.30. The first-order valence-electron chi connectivity index (χ1n) is 10.4. The summed E-state index contributed by atoms with van der Waals surface area (Å²) in [4.78, 5) is 41.0. The maximum absolute atomic E-state index is 12.9. The smallest absolute Gasteiger partial charge is 0.339 e. The quantitative estimate of drug-likeness (QED) is 0.667. The van der Waals surface area contributed by atoms with Crippen molar-refractivity contribution in [3.05, 3.63) is 38.7 Å². The highest BCUT2D eigenvalue weighted by molar-refractivity contribution is 6.32. The molecule has 0 spiro atoms. The first-order chi connectivity index (χ1) is 14.9. The van der Waals surface area contributed by atoms with Crippen LogP contribution in [0.1, 0.15) is 24.0 Å². The first kappa shape index (κ1) is 21.6. The molecule has 4 rings (SSSR count). The van der Waals surface area contributed by atoms with E-state index in [0.717, 1.165) is 17.4 Å². The molecule has 2 aromatic rings. The Balaban J connectivity index is 1.47. The van der Waals surface area contributed by atoms with Crippen LogP contribution in [-0.4, -0.2) is 67.1 Å². The summed E-state index contributed by atoms with van der Waals surface area (Å²) in [5.74, 6) is -0.0588. The Morgan fingerprint density at radius 2 is 1.90 bits per heavy atom. The van der Waals surface area contributed by atoms with E-state index < -0.39 is 11.7 Å². The highest BCUT2D eigenvalue weighted by atomic mass is 35.5. The van der Waals surface area contributed by atoms with Gasteiger partial charge in [-0.05, 0) is 38.3 Å². The number of hydrogen-bond donors (Lipinski definition) is 0. The van der Waals surface area contributed by atoms with Gasteiger partial charge >= 0.3 is 5.63 Å². The van der Waals surface area contributed by atoms with E-state index in [1.165, 1.54) is 6.07 Å². The van der Waals surface area contributed by atoms with Crippen molar-refractivity contribution in [3.63, 3.8) is 0 Å². The summed E-state index contributed by atoms with van der Waals surface area (Å²) >= 11 is 6.35. The summed E-state index contributed by atoms with van der Waals surface area (Å²) in [6, 6.07) is 2.73. The maximum Gasteiger partial charge on any atom is 0.339 e. The van der Waals surface area contributed by atoms with E-state index in [9.17, 15) is 14.4 Å². The number of benzene rings is 1. The van der Waals surface area contributed by atoms with Gasteiger partial charge < -0.3 is 23.7 Å². The van der Waals surface area contributed by atoms with Crippen molar-refractivity contribution in [1.29, 1.82) is 0 Å². The van der Waals surface area contributed by atoms with Crippen LogP contribution in [0.25, 0.3) is 11.0 Å². The third-order valence-corrected chi connectivity index (χ3v) is 6.34. The zero-order chi connectivity index (χ0) is 22.1. The Kier molecular flexibility index (Phi) is 6.20. The van der Waals surface area contributed by atoms with Crippen molar-refractivity contribution >= 4 is 34.4 Å². The van der Waals surface area contributed by atoms with E-state index in [2.05, 4.69) is 0 Å². The molecule has 0 N–H and O–H groups in total. The number of carbonyl (C=O) groups excluding carboxylic acids is 2. The van der Waals surface area contributed by atoms with Gasteiger partial charge in [0.15, 0.2) is 6.61 Å². The summed E-state index contributed by atoms with van der Waals surface area (Å²) < 4.78 is 16.3. The zero-order valence-corrected chi connectivity index (χ0v) is 18.4. The van der Waals surface area contributed by atoms with E-state index in [0.29, 0.717) is 55.4 Å². The molecule has 1 atom stereocenters. The molecule has 1 aromatic heterocycles. The summed E-state index contributed by atoms with van der Waals surface area (Å²) in [5, 5.41) is 1.04. The van der Waals surface area contributed by atoms with Crippen LogP contribution in [0.5, 0.6) is 5.75 Å². The normalized spacial score (nSPS) is 19.1. The molecule has 2 aliphatic heterocycles. The standard InChI is InChI=1S/C22H25ClN2O6/c1-13-14(2)22(28)31-18-11-19(16(23)10-15(13)18)30-12-20(26)25-5-3-4-17(25)21(27)24-6-8-29-9-7-24/h10-11,17H,3-9,12H2,1-2H3/t17-/m0/s1. The molecule has 2 fully saturated rings. The van der Waals surface area contributed by atoms with Crippen molar-refractivity contribution in [2.45, 2.75) is 32.7 Å². The lowest BCUT2D eigenvalue weighted by molar-refractivity contribution is -0.147. The van der Waals surface area contributed by atoms with Crippen molar-refractivity contribution in [3.8, 4) is 5.75 Å². The van der Waals surface area contributed by atoms with Gasteiger partial charge in [-0.25, -0.2) is 4.79 Å². The average Bonchev–Trinajstić information content (AvgIpc) is 3.27. The van der Waals surface area contributed by atoms with E-state index in [1.54, 1.807) is 22.8 Å². The molecule has 2 saturated heterocycles. The minimum atomic E-state index is -0.468. The van der Waals surface area contributed by atoms with E-state index in [1.807, 2.05) is 6.92 Å². The minimum absolute atomic E-state index is 0.0366. The van der Waals surface area contributed by atoms with Crippen LogP contribution in [0.15, 0.2) is 21.3 Å². The molecule has 9 heteroatoms. The fourth-order valence-electron chi connectivity index (χ4n) is 4.09. The van der Waals surface area contributed by atoms with Crippen LogP contribution in [0.4, 0.5) is 0 Å². The van der Waals surface area contributed by atoms with Gasteiger partial charge in [0.1, 0.15) is 17.4 Å². The average molecular weight is 449 g/mol. The highest BCUT2D eigenvalue weighted by Gasteiger charge is 2.37. The summed E-state index contributed by atoms with van der Waals surface area (Å²) in [6.45, 7) is 5.91. The van der Waals surface area contributed by atoms with Crippen molar-refractivity contribution in [2.75, 3.05) is 39.5 Å². The van der Waals surface area contributed by atoms with Crippen LogP contribution in [0, 0.1) is 13.8 Å². The molecular weight excluding hydrogens is 424 g/mol. The van der Waals surface area contributed by atoms with E-state index in [-0.39, 0.29) is 24.2 Å². The lowest BCUT2D eigenvalue weighted by Crippen LogP contribution is -2.51. The predicted molar refractivity (Wildman–Crippen MR) is 115 cm³/mol. The number of carbonyl (C=O) groups is 2. The van der Waals surface area contributed by atoms with Gasteiger partial charge in [0.2, 0.25) is 5.91 Å². The van der Waals surface area contributed by atoms with Crippen LogP contribution >= 0.6 is 11.6 Å². The number of morpholine rings is 1. The number of amides is 2. The lowest BCUT2D eigenvalue weighted by atomic mass is 10.1. The third kappa shape index (κ3) is 4.27. The van der Waals surface area contributed by atoms with Gasteiger partial charge in [-0.1, -0.05) is 11.6 Å². The molecule has 0 unspecified atom stereocenters. The fourth-order valence-corrected chi connectivity index (χ4v) is 4.31. The Morgan fingerprint density at radius 3 is 2.65 bits per heavy atom. The third-order valence-electron chi connectivity index (χ3n) is 6.04. The summed E-state index contributed by atoms with van der Waals surface area (Å²) in [7, 11) is 0. The van der Waals surface area contributed by atoms with Crippen LogP contribution in [0.2, 0.25) is 5.02 Å². The van der Waals surface area contributed by atoms with Gasteiger partial charge in [-0.2, -0.15) is 0 Å². The Bertz CT molecular complexity index is 1080. The lowest BCUT2D eigenvalue weighted by Gasteiger charge is -2.32. The monoisotopic (exact) mass is 448 g/mol. The molecule has 3 heterocycles. The van der Waals surface area contributed by atoms with Gasteiger partial charge in [0.25, 0.3) is 5.91 Å². The summed E-state index contributed by atoms with van der Waals surface area (Å²) in [6.07, 6.45) is 1.41. The van der Waals surface area contributed by atoms with Crippen molar-refractivity contribution in [1.82, 2.24) is 9.80 Å². The maximum atomic E-state index is 12.9. The van der Waals surface area contributed by atoms with Crippen LogP contribution < -0.4 is 10.4 Å². The molecular formula is C22H25ClN2O6. The van der Waals surface area contributed by atoms with Crippen molar-refractivity contribution in [2.24, 2.45) is 0 Å². The Morgan fingerprint density at radius 1 is 1.16 bits per heavy atom. The van der Waals surface area contributed by atoms with Crippen LogP contribution in [-0.2, 0) is 14.3 Å². The second kappa shape index (κ2) is 8.88. The number of hydrogen-bond acceptors (Lipinski definition) is 6. The molecule has 2 amide bonds. The molecule has 2 aliphatic rings.